The predicted octanol–water partition coefficient (Wildman–Crippen LogP) is 3.86. The molecule has 0 fully saturated rings. The molecule has 0 radical (unpaired) electrons. The molecule has 104 valence electrons. The Balaban J connectivity index is 2.04. The van der Waals surface area contributed by atoms with E-state index in [1.54, 1.807) is 18.3 Å². The molecule has 0 bridgehead atoms. The van der Waals surface area contributed by atoms with Crippen molar-refractivity contribution in [2.75, 3.05) is 6.61 Å². The van der Waals surface area contributed by atoms with E-state index in [0.29, 0.717) is 23.5 Å². The number of nitrogens with zero attached hydrogens (tertiary/aromatic N) is 1. The molecule has 0 atom stereocenters. The summed E-state index contributed by atoms with van der Waals surface area (Å²) in [5, 5.41) is 0.956. The molecule has 3 rings (SSSR count). The van der Waals surface area contributed by atoms with Crippen molar-refractivity contribution in [3.05, 3.63) is 71.9 Å². The van der Waals surface area contributed by atoms with E-state index in [1.165, 1.54) is 0 Å². The van der Waals surface area contributed by atoms with Gasteiger partial charge in [0.25, 0.3) is 0 Å². The minimum absolute atomic E-state index is 0.0372. The molecule has 0 amide bonds. The Labute approximate surface area is 123 Å². The summed E-state index contributed by atoms with van der Waals surface area (Å²) in [5.74, 6) is 0.584. The smallest absolute Gasteiger partial charge is 0.196 e. The fourth-order valence-corrected chi connectivity index (χ4v) is 2.31. The highest BCUT2D eigenvalue weighted by Gasteiger charge is 2.14. The topological polar surface area (TPSA) is 39.2 Å². The molecule has 3 aromatic rings. The second-order valence-corrected chi connectivity index (χ2v) is 4.67. The summed E-state index contributed by atoms with van der Waals surface area (Å²) in [4.78, 5) is 17.0. The number of benzene rings is 2. The first-order valence-corrected chi connectivity index (χ1v) is 6.91. The van der Waals surface area contributed by atoms with Crippen LogP contribution in [0, 0.1) is 0 Å². The van der Waals surface area contributed by atoms with Gasteiger partial charge < -0.3 is 4.74 Å². The summed E-state index contributed by atoms with van der Waals surface area (Å²) in [6.07, 6.45) is 1.74. The molecule has 0 aliphatic rings. The third-order valence-electron chi connectivity index (χ3n) is 3.30. The first-order chi connectivity index (χ1) is 10.3. The summed E-state index contributed by atoms with van der Waals surface area (Å²) in [6.45, 7) is 2.44. The van der Waals surface area contributed by atoms with Crippen molar-refractivity contribution in [2.24, 2.45) is 0 Å². The molecule has 0 N–H and O–H groups in total. The Bertz CT molecular complexity index is 796. The summed E-state index contributed by atoms with van der Waals surface area (Å²) in [5.41, 5.74) is 2.11. The van der Waals surface area contributed by atoms with Gasteiger partial charge in [-0.2, -0.15) is 0 Å². The maximum Gasteiger partial charge on any atom is 0.196 e. The third-order valence-corrected chi connectivity index (χ3v) is 3.30. The average molecular weight is 277 g/mol. The fraction of sp³-hybridized carbons (Fsp3) is 0.111. The molecular formula is C18H15NO2. The quantitative estimate of drug-likeness (QED) is 0.680. The van der Waals surface area contributed by atoms with Crippen molar-refractivity contribution < 1.29 is 9.53 Å². The Morgan fingerprint density at radius 3 is 2.81 bits per heavy atom. The van der Waals surface area contributed by atoms with Crippen LogP contribution in [-0.2, 0) is 0 Å². The number of pyridine rings is 1. The molecule has 1 heterocycles. The van der Waals surface area contributed by atoms with E-state index in [-0.39, 0.29) is 5.78 Å². The van der Waals surface area contributed by atoms with Crippen LogP contribution in [0.1, 0.15) is 22.8 Å². The van der Waals surface area contributed by atoms with E-state index in [1.807, 2.05) is 49.4 Å². The first-order valence-electron chi connectivity index (χ1n) is 6.91. The minimum Gasteiger partial charge on any atom is -0.493 e. The van der Waals surface area contributed by atoms with Crippen molar-refractivity contribution in [3.63, 3.8) is 0 Å². The molecule has 3 nitrogen and oxygen atoms in total. The molecule has 3 heteroatoms. The van der Waals surface area contributed by atoms with Gasteiger partial charge in [0, 0.05) is 17.1 Å². The molecule has 0 spiro atoms. The Hall–Kier alpha value is -2.68. The average Bonchev–Trinajstić information content (AvgIpc) is 2.54. The van der Waals surface area contributed by atoms with Gasteiger partial charge in [0.1, 0.15) is 5.75 Å². The number of carbonyl (C=O) groups excluding carboxylic acids is 1. The van der Waals surface area contributed by atoms with Gasteiger partial charge in [0.15, 0.2) is 5.78 Å². The molecule has 0 unspecified atom stereocenters. The fourth-order valence-electron chi connectivity index (χ4n) is 2.31. The van der Waals surface area contributed by atoms with Gasteiger partial charge in [0.05, 0.1) is 17.7 Å². The van der Waals surface area contributed by atoms with Crippen LogP contribution in [0.25, 0.3) is 10.9 Å². The Morgan fingerprint density at radius 1 is 1.10 bits per heavy atom. The zero-order chi connectivity index (χ0) is 14.7. The van der Waals surface area contributed by atoms with E-state index in [9.17, 15) is 4.79 Å². The van der Waals surface area contributed by atoms with Gasteiger partial charge in [-0.05, 0) is 43.3 Å². The zero-order valence-corrected chi connectivity index (χ0v) is 11.7. The molecule has 0 aliphatic heterocycles. The lowest BCUT2D eigenvalue weighted by atomic mass is 10.0. The van der Waals surface area contributed by atoms with Crippen LogP contribution < -0.4 is 4.74 Å². The van der Waals surface area contributed by atoms with Crippen LogP contribution in [0.2, 0.25) is 0 Å². The van der Waals surface area contributed by atoms with E-state index in [4.69, 9.17) is 4.74 Å². The summed E-state index contributed by atoms with van der Waals surface area (Å²) >= 11 is 0. The lowest BCUT2D eigenvalue weighted by molar-refractivity contribution is 0.103. The molecule has 1 aromatic heterocycles. The molecule has 0 aliphatic carbocycles. The normalized spacial score (nSPS) is 10.5. The Morgan fingerprint density at radius 2 is 1.95 bits per heavy atom. The predicted molar refractivity (Wildman–Crippen MR) is 82.8 cm³/mol. The van der Waals surface area contributed by atoms with E-state index >= 15 is 0 Å². The third kappa shape index (κ3) is 2.63. The highest BCUT2D eigenvalue weighted by atomic mass is 16.5. The first kappa shape index (κ1) is 13.3. The van der Waals surface area contributed by atoms with E-state index in [0.717, 1.165) is 10.9 Å². The van der Waals surface area contributed by atoms with Gasteiger partial charge in [-0.25, -0.2) is 0 Å². The van der Waals surface area contributed by atoms with Gasteiger partial charge in [0.2, 0.25) is 0 Å². The van der Waals surface area contributed by atoms with Crippen molar-refractivity contribution in [1.82, 2.24) is 4.98 Å². The number of ketones is 1. The second-order valence-electron chi connectivity index (χ2n) is 4.67. The van der Waals surface area contributed by atoms with Gasteiger partial charge >= 0.3 is 0 Å². The van der Waals surface area contributed by atoms with Crippen LogP contribution in [0.3, 0.4) is 0 Å². The number of hydrogen-bond donors (Lipinski definition) is 0. The van der Waals surface area contributed by atoms with Gasteiger partial charge in [-0.1, -0.05) is 18.2 Å². The largest absolute Gasteiger partial charge is 0.493 e. The molecule has 0 saturated heterocycles. The van der Waals surface area contributed by atoms with Crippen molar-refractivity contribution in [2.45, 2.75) is 6.92 Å². The molecule has 21 heavy (non-hydrogen) atoms. The summed E-state index contributed by atoms with van der Waals surface area (Å²) < 4.78 is 5.53. The maximum atomic E-state index is 12.7. The molecule has 2 aromatic carbocycles. The number of carbonyl (C=O) groups is 1. The number of ether oxygens (including phenoxy) is 1. The zero-order valence-electron chi connectivity index (χ0n) is 11.7. The minimum atomic E-state index is -0.0372. The summed E-state index contributed by atoms with van der Waals surface area (Å²) in [7, 11) is 0. The number of hydrogen-bond acceptors (Lipinski definition) is 3. The number of rotatable bonds is 4. The molecular weight excluding hydrogens is 262 g/mol. The number of fused-ring (bicyclic) bond motifs is 1. The van der Waals surface area contributed by atoms with Crippen LogP contribution in [0.5, 0.6) is 5.75 Å². The van der Waals surface area contributed by atoms with Crippen molar-refractivity contribution in [1.29, 1.82) is 0 Å². The Kier molecular flexibility index (Phi) is 3.65. The van der Waals surface area contributed by atoms with Crippen LogP contribution in [0.4, 0.5) is 0 Å². The molecule has 0 saturated carbocycles. The number of para-hydroxylation sites is 1. The van der Waals surface area contributed by atoms with Gasteiger partial charge in [-0.15, -0.1) is 0 Å². The lowest BCUT2D eigenvalue weighted by Crippen LogP contribution is -2.05. The monoisotopic (exact) mass is 277 g/mol. The van der Waals surface area contributed by atoms with E-state index < -0.39 is 0 Å². The summed E-state index contributed by atoms with van der Waals surface area (Å²) in [6, 6.07) is 16.7. The van der Waals surface area contributed by atoms with Crippen LogP contribution >= 0.6 is 0 Å². The number of aromatic nitrogens is 1. The highest BCUT2D eigenvalue weighted by molar-refractivity contribution is 6.12. The van der Waals surface area contributed by atoms with E-state index in [2.05, 4.69) is 4.98 Å². The second kappa shape index (κ2) is 5.75. The van der Waals surface area contributed by atoms with Crippen molar-refractivity contribution >= 4 is 16.7 Å². The maximum absolute atomic E-state index is 12.7. The lowest BCUT2D eigenvalue weighted by Gasteiger charge is -2.09. The SMILES string of the molecule is CCOc1ccccc1C(=O)c1ccc2ncccc2c1. The van der Waals surface area contributed by atoms with Crippen molar-refractivity contribution in [3.8, 4) is 5.75 Å². The standard InChI is InChI=1S/C18H15NO2/c1-2-21-17-8-4-3-7-15(17)18(20)14-9-10-16-13(12-14)6-5-11-19-16/h3-12H,2H2,1H3. The van der Waals surface area contributed by atoms with Gasteiger partial charge in [-0.3, -0.25) is 9.78 Å². The highest BCUT2D eigenvalue weighted by Crippen LogP contribution is 2.23. The van der Waals surface area contributed by atoms with Crippen LogP contribution in [0.15, 0.2) is 60.8 Å². The van der Waals surface area contributed by atoms with Crippen LogP contribution in [-0.4, -0.2) is 17.4 Å².